The van der Waals surface area contributed by atoms with E-state index in [1.54, 1.807) is 11.3 Å². The number of rotatable bonds is 3. The summed E-state index contributed by atoms with van der Waals surface area (Å²) in [5.41, 5.74) is 2.59. The van der Waals surface area contributed by atoms with Gasteiger partial charge in [0.05, 0.1) is 28.5 Å². The lowest BCUT2D eigenvalue weighted by Gasteiger charge is -2.15. The Morgan fingerprint density at radius 1 is 1.28 bits per heavy atom. The number of nitrogens with zero attached hydrogens (tertiary/aromatic N) is 2. The zero-order valence-corrected chi connectivity index (χ0v) is 11.9. The average molecular weight is 296 g/mol. The van der Waals surface area contributed by atoms with Crippen LogP contribution in [0.2, 0.25) is 5.02 Å². The fourth-order valence-corrected chi connectivity index (χ4v) is 3.27. The molecule has 92 valence electrons. The SMILES string of the molecule is CC(Nc1c(Cl)ccc2nsnc12)c1cccs1. The van der Waals surface area contributed by atoms with E-state index in [4.69, 9.17) is 11.6 Å². The van der Waals surface area contributed by atoms with Gasteiger partial charge in [0.25, 0.3) is 0 Å². The Labute approximate surface area is 118 Å². The van der Waals surface area contributed by atoms with Crippen molar-refractivity contribution in [2.45, 2.75) is 13.0 Å². The van der Waals surface area contributed by atoms with Crippen LogP contribution in [0.1, 0.15) is 17.8 Å². The van der Waals surface area contributed by atoms with Crippen molar-refractivity contribution >= 4 is 51.4 Å². The lowest BCUT2D eigenvalue weighted by atomic mass is 10.2. The third-order valence-electron chi connectivity index (χ3n) is 2.71. The molecule has 0 saturated heterocycles. The second kappa shape index (κ2) is 4.84. The Morgan fingerprint density at radius 3 is 2.94 bits per heavy atom. The van der Waals surface area contributed by atoms with Gasteiger partial charge in [-0.1, -0.05) is 17.7 Å². The highest BCUT2D eigenvalue weighted by Gasteiger charge is 2.13. The van der Waals surface area contributed by atoms with Crippen molar-refractivity contribution in [3.63, 3.8) is 0 Å². The van der Waals surface area contributed by atoms with Gasteiger partial charge in [-0.15, -0.1) is 11.3 Å². The summed E-state index contributed by atoms with van der Waals surface area (Å²) in [4.78, 5) is 1.27. The molecule has 0 spiro atoms. The molecule has 1 atom stereocenters. The van der Waals surface area contributed by atoms with Gasteiger partial charge in [-0.25, -0.2) is 0 Å². The van der Waals surface area contributed by atoms with Gasteiger partial charge in [0, 0.05) is 4.88 Å². The maximum Gasteiger partial charge on any atom is 0.129 e. The molecule has 0 amide bonds. The van der Waals surface area contributed by atoms with Crippen molar-refractivity contribution < 1.29 is 0 Å². The molecule has 2 heterocycles. The summed E-state index contributed by atoms with van der Waals surface area (Å²) in [5.74, 6) is 0. The Morgan fingerprint density at radius 2 is 2.17 bits per heavy atom. The monoisotopic (exact) mass is 295 g/mol. The van der Waals surface area contributed by atoms with E-state index in [1.807, 2.05) is 18.2 Å². The van der Waals surface area contributed by atoms with Crippen molar-refractivity contribution in [2.24, 2.45) is 0 Å². The zero-order chi connectivity index (χ0) is 12.5. The van der Waals surface area contributed by atoms with Crippen LogP contribution in [-0.2, 0) is 0 Å². The highest BCUT2D eigenvalue weighted by atomic mass is 35.5. The number of halogens is 1. The van der Waals surface area contributed by atoms with E-state index in [2.05, 4.69) is 32.4 Å². The minimum Gasteiger partial charge on any atom is -0.375 e. The number of nitrogens with one attached hydrogen (secondary N) is 1. The van der Waals surface area contributed by atoms with E-state index in [0.717, 1.165) is 16.7 Å². The molecule has 1 N–H and O–H groups in total. The van der Waals surface area contributed by atoms with Crippen molar-refractivity contribution in [3.8, 4) is 0 Å². The largest absolute Gasteiger partial charge is 0.375 e. The van der Waals surface area contributed by atoms with Crippen LogP contribution in [0.3, 0.4) is 0 Å². The summed E-state index contributed by atoms with van der Waals surface area (Å²) in [5, 5.41) is 6.17. The molecule has 0 radical (unpaired) electrons. The normalized spacial score (nSPS) is 12.8. The molecule has 18 heavy (non-hydrogen) atoms. The summed E-state index contributed by atoms with van der Waals surface area (Å²) in [6.45, 7) is 2.11. The predicted octanol–water partition coefficient (Wildman–Crippen LogP) is 4.58. The van der Waals surface area contributed by atoms with E-state index in [1.165, 1.54) is 16.6 Å². The maximum atomic E-state index is 6.24. The summed E-state index contributed by atoms with van der Waals surface area (Å²) in [6.07, 6.45) is 0. The van der Waals surface area contributed by atoms with Crippen molar-refractivity contribution in [3.05, 3.63) is 39.5 Å². The number of thiophene rings is 1. The highest BCUT2D eigenvalue weighted by molar-refractivity contribution is 7.10. The zero-order valence-electron chi connectivity index (χ0n) is 9.55. The van der Waals surface area contributed by atoms with Crippen LogP contribution in [0.4, 0.5) is 5.69 Å². The Balaban J connectivity index is 1.99. The third kappa shape index (κ3) is 2.09. The Kier molecular flexibility index (Phi) is 3.20. The second-order valence-corrected chi connectivity index (χ2v) is 5.85. The summed E-state index contributed by atoms with van der Waals surface area (Å²) in [6, 6.07) is 8.10. The topological polar surface area (TPSA) is 37.8 Å². The number of benzene rings is 1. The molecule has 1 unspecified atom stereocenters. The minimum absolute atomic E-state index is 0.204. The molecule has 0 saturated carbocycles. The van der Waals surface area contributed by atoms with Gasteiger partial charge in [0.15, 0.2) is 0 Å². The molecule has 0 bridgehead atoms. The molecule has 0 aliphatic rings. The molecule has 3 nitrogen and oxygen atoms in total. The van der Waals surface area contributed by atoms with Crippen LogP contribution >= 0.6 is 34.7 Å². The molecule has 2 aromatic heterocycles. The second-order valence-electron chi connectivity index (χ2n) is 3.94. The molecular formula is C12H10ClN3S2. The Bertz CT molecular complexity index is 663. The van der Waals surface area contributed by atoms with Crippen LogP contribution in [-0.4, -0.2) is 8.75 Å². The molecule has 1 aromatic carbocycles. The third-order valence-corrected chi connectivity index (χ3v) is 4.62. The molecule has 0 aliphatic carbocycles. The van der Waals surface area contributed by atoms with Gasteiger partial charge >= 0.3 is 0 Å². The number of aromatic nitrogens is 2. The van der Waals surface area contributed by atoms with Crippen LogP contribution in [0.25, 0.3) is 11.0 Å². The first kappa shape index (κ1) is 11.9. The molecule has 3 rings (SSSR count). The van der Waals surface area contributed by atoms with Crippen molar-refractivity contribution in [1.82, 2.24) is 8.75 Å². The van der Waals surface area contributed by atoms with Gasteiger partial charge in [0.2, 0.25) is 0 Å². The quantitative estimate of drug-likeness (QED) is 0.768. The molecule has 3 aromatic rings. The Hall–Kier alpha value is -1.17. The predicted molar refractivity (Wildman–Crippen MR) is 78.8 cm³/mol. The van der Waals surface area contributed by atoms with E-state index in [0.29, 0.717) is 5.02 Å². The average Bonchev–Trinajstić information content (AvgIpc) is 3.02. The van der Waals surface area contributed by atoms with Gasteiger partial charge < -0.3 is 5.32 Å². The van der Waals surface area contributed by atoms with Gasteiger partial charge in [-0.2, -0.15) is 8.75 Å². The highest BCUT2D eigenvalue weighted by Crippen LogP contribution is 2.33. The maximum absolute atomic E-state index is 6.24. The van der Waals surface area contributed by atoms with Gasteiger partial charge in [0.1, 0.15) is 11.0 Å². The van der Waals surface area contributed by atoms with E-state index < -0.39 is 0 Å². The fraction of sp³-hybridized carbons (Fsp3) is 0.167. The number of hydrogen-bond donors (Lipinski definition) is 1. The molecular weight excluding hydrogens is 286 g/mol. The van der Waals surface area contributed by atoms with Crippen molar-refractivity contribution in [2.75, 3.05) is 5.32 Å². The molecule has 0 aliphatic heterocycles. The first-order valence-electron chi connectivity index (χ1n) is 5.46. The number of anilines is 1. The summed E-state index contributed by atoms with van der Waals surface area (Å²) >= 11 is 9.17. The molecule has 0 fully saturated rings. The fourth-order valence-electron chi connectivity index (χ4n) is 1.79. The first-order valence-corrected chi connectivity index (χ1v) is 7.45. The van der Waals surface area contributed by atoms with Crippen LogP contribution in [0, 0.1) is 0 Å². The first-order chi connectivity index (χ1) is 8.75. The summed E-state index contributed by atoms with van der Waals surface area (Å²) < 4.78 is 8.53. The number of fused-ring (bicyclic) bond motifs is 1. The van der Waals surface area contributed by atoms with E-state index >= 15 is 0 Å². The minimum atomic E-state index is 0.204. The van der Waals surface area contributed by atoms with Gasteiger partial charge in [-0.05, 0) is 30.5 Å². The standard InChI is InChI=1S/C12H10ClN3S2/c1-7(10-3-2-6-17-10)14-11-8(13)4-5-9-12(11)16-18-15-9/h2-7,14H,1H3. The lowest BCUT2D eigenvalue weighted by molar-refractivity contribution is 0.910. The number of hydrogen-bond acceptors (Lipinski definition) is 5. The van der Waals surface area contributed by atoms with Crippen LogP contribution in [0.5, 0.6) is 0 Å². The van der Waals surface area contributed by atoms with Crippen LogP contribution in [0.15, 0.2) is 29.6 Å². The van der Waals surface area contributed by atoms with Crippen molar-refractivity contribution in [1.29, 1.82) is 0 Å². The molecule has 6 heteroatoms. The van der Waals surface area contributed by atoms with E-state index in [9.17, 15) is 0 Å². The lowest BCUT2D eigenvalue weighted by Crippen LogP contribution is -2.05. The summed E-state index contributed by atoms with van der Waals surface area (Å²) in [7, 11) is 0. The smallest absolute Gasteiger partial charge is 0.129 e. The van der Waals surface area contributed by atoms with Gasteiger partial charge in [-0.3, -0.25) is 0 Å². The van der Waals surface area contributed by atoms with Crippen LogP contribution < -0.4 is 5.32 Å². The van der Waals surface area contributed by atoms with E-state index in [-0.39, 0.29) is 6.04 Å².